The van der Waals surface area contributed by atoms with Crippen molar-refractivity contribution in [1.29, 1.82) is 0 Å². The van der Waals surface area contributed by atoms with Gasteiger partial charge in [0.05, 0.1) is 0 Å². The maximum absolute atomic E-state index is 10.7. The third-order valence-electron chi connectivity index (χ3n) is 2.05. The fourth-order valence-electron chi connectivity index (χ4n) is 1.59. The molecule has 0 radical (unpaired) electrons. The van der Waals surface area contributed by atoms with Crippen molar-refractivity contribution in [2.75, 3.05) is 13.2 Å². The van der Waals surface area contributed by atoms with Crippen molar-refractivity contribution in [2.45, 2.75) is 52.7 Å². The molecule has 1 amide bonds. The fraction of sp³-hybridized carbons (Fsp3) is 0.909. The van der Waals surface area contributed by atoms with E-state index in [0.29, 0.717) is 32.1 Å². The highest BCUT2D eigenvalue weighted by molar-refractivity contribution is 6.60. The molecule has 0 fully saturated rings. The Kier molecular flexibility index (Phi) is 8.41. The highest BCUT2D eigenvalue weighted by Gasteiger charge is 2.41. The molecule has 0 aliphatic heterocycles. The Morgan fingerprint density at radius 2 is 1.76 bits per heavy atom. The van der Waals surface area contributed by atoms with Crippen LogP contribution in [0.5, 0.6) is 0 Å². The number of rotatable bonds is 10. The van der Waals surface area contributed by atoms with E-state index in [-0.39, 0.29) is 12.0 Å². The molecule has 0 aromatic heterocycles. The average molecular weight is 263 g/mol. The second-order valence-corrected chi connectivity index (χ2v) is 6.71. The van der Waals surface area contributed by atoms with Gasteiger partial charge in [0.15, 0.2) is 0 Å². The number of hydrogen-bond acceptors (Lipinski definition) is 4. The molecular weight excluding hydrogens is 238 g/mol. The molecule has 0 heterocycles. The second-order valence-electron chi connectivity index (χ2n) is 4.04. The molecule has 6 heteroatoms. The van der Waals surface area contributed by atoms with Crippen LogP contribution in [0.3, 0.4) is 0 Å². The van der Waals surface area contributed by atoms with Gasteiger partial charge in [0.1, 0.15) is 0 Å². The minimum Gasteiger partial charge on any atom is -0.374 e. The van der Waals surface area contributed by atoms with E-state index in [9.17, 15) is 4.79 Å². The van der Waals surface area contributed by atoms with Gasteiger partial charge in [-0.15, -0.1) is 0 Å². The molecular formula is C11H25NO4Si. The van der Waals surface area contributed by atoms with Gasteiger partial charge in [-0.05, 0) is 34.1 Å². The summed E-state index contributed by atoms with van der Waals surface area (Å²) < 4.78 is 17.3. The Bertz CT molecular complexity index is 218. The molecule has 0 aliphatic carbocycles. The van der Waals surface area contributed by atoms with Crippen molar-refractivity contribution in [1.82, 2.24) is 0 Å². The van der Waals surface area contributed by atoms with E-state index >= 15 is 0 Å². The topological polar surface area (TPSA) is 70.8 Å². The van der Waals surface area contributed by atoms with Crippen molar-refractivity contribution in [2.24, 2.45) is 5.73 Å². The zero-order valence-electron chi connectivity index (χ0n) is 11.3. The van der Waals surface area contributed by atoms with Gasteiger partial charge in [0.2, 0.25) is 5.91 Å². The minimum atomic E-state index is -2.63. The number of nitrogens with two attached hydrogens (primary N) is 1. The van der Waals surface area contributed by atoms with Crippen LogP contribution in [0.15, 0.2) is 0 Å². The number of amides is 1. The summed E-state index contributed by atoms with van der Waals surface area (Å²) in [4.78, 5) is 10.7. The van der Waals surface area contributed by atoms with Crippen LogP contribution in [0.4, 0.5) is 0 Å². The molecule has 0 atom stereocenters. The van der Waals surface area contributed by atoms with E-state index in [0.717, 1.165) is 0 Å². The SMILES string of the molecule is CCO[Si](CCCC(N)=O)(OCC)OC(C)C. The first-order chi connectivity index (χ1) is 7.95. The molecule has 0 aromatic rings. The zero-order valence-corrected chi connectivity index (χ0v) is 12.3. The lowest BCUT2D eigenvalue weighted by molar-refractivity contribution is -0.118. The van der Waals surface area contributed by atoms with Crippen molar-refractivity contribution in [3.05, 3.63) is 0 Å². The fourth-order valence-corrected chi connectivity index (χ4v) is 4.42. The Labute approximate surface area is 105 Å². The van der Waals surface area contributed by atoms with Crippen molar-refractivity contribution in [3.63, 3.8) is 0 Å². The Balaban J connectivity index is 4.46. The molecule has 5 nitrogen and oxygen atoms in total. The molecule has 17 heavy (non-hydrogen) atoms. The zero-order chi connectivity index (χ0) is 13.3. The summed E-state index contributed by atoms with van der Waals surface area (Å²) in [5, 5.41) is 0. The van der Waals surface area contributed by atoms with Gasteiger partial charge in [-0.2, -0.15) is 0 Å². The van der Waals surface area contributed by atoms with Gasteiger partial charge in [-0.3, -0.25) is 4.79 Å². The highest BCUT2D eigenvalue weighted by atomic mass is 28.4. The Hall–Kier alpha value is -0.433. The van der Waals surface area contributed by atoms with E-state index in [4.69, 9.17) is 19.0 Å². The molecule has 0 spiro atoms. The third-order valence-corrected chi connectivity index (χ3v) is 5.30. The van der Waals surface area contributed by atoms with Gasteiger partial charge >= 0.3 is 8.80 Å². The minimum absolute atomic E-state index is 0.0494. The molecule has 0 saturated heterocycles. The standard InChI is InChI=1S/C11H25NO4Si/c1-5-14-17(15-6-2,16-10(3)4)9-7-8-11(12)13/h10H,5-9H2,1-4H3,(H2,12,13). The van der Waals surface area contributed by atoms with Crippen LogP contribution in [0.25, 0.3) is 0 Å². The van der Waals surface area contributed by atoms with Gasteiger partial charge < -0.3 is 19.0 Å². The molecule has 0 unspecified atom stereocenters. The van der Waals surface area contributed by atoms with Crippen LogP contribution >= 0.6 is 0 Å². The predicted octanol–water partition coefficient (Wildman–Crippen LogP) is 1.69. The van der Waals surface area contributed by atoms with E-state index in [2.05, 4.69) is 0 Å². The lowest BCUT2D eigenvalue weighted by Crippen LogP contribution is -2.47. The van der Waals surface area contributed by atoms with E-state index in [1.165, 1.54) is 0 Å². The maximum atomic E-state index is 10.7. The van der Waals surface area contributed by atoms with Gasteiger partial charge in [-0.25, -0.2) is 0 Å². The lowest BCUT2D eigenvalue weighted by atomic mass is 10.3. The average Bonchev–Trinajstić information content (AvgIpc) is 2.16. The van der Waals surface area contributed by atoms with Gasteiger partial charge in [-0.1, -0.05) is 0 Å². The van der Waals surface area contributed by atoms with E-state index in [1.807, 2.05) is 27.7 Å². The van der Waals surface area contributed by atoms with Crippen molar-refractivity contribution in [3.8, 4) is 0 Å². The van der Waals surface area contributed by atoms with Crippen LogP contribution < -0.4 is 5.73 Å². The molecule has 102 valence electrons. The summed E-state index contributed by atoms with van der Waals surface area (Å²) in [7, 11) is -2.63. The van der Waals surface area contributed by atoms with Gasteiger partial charge in [0, 0.05) is 31.8 Å². The summed E-state index contributed by atoms with van der Waals surface area (Å²) in [6.45, 7) is 8.84. The summed E-state index contributed by atoms with van der Waals surface area (Å²) in [6, 6.07) is 0.635. The third kappa shape index (κ3) is 7.48. The normalized spacial score (nSPS) is 12.1. The van der Waals surface area contributed by atoms with Crippen molar-refractivity contribution >= 4 is 14.7 Å². The summed E-state index contributed by atoms with van der Waals surface area (Å²) in [6.07, 6.45) is 1.04. The number of carbonyl (C=O) groups is 1. The number of carbonyl (C=O) groups excluding carboxylic acids is 1. The van der Waals surface area contributed by atoms with E-state index in [1.54, 1.807) is 0 Å². The number of hydrogen-bond donors (Lipinski definition) is 1. The first kappa shape index (κ1) is 16.6. The van der Waals surface area contributed by atoms with Crippen LogP contribution in [-0.4, -0.2) is 34.0 Å². The summed E-state index contributed by atoms with van der Waals surface area (Å²) in [5.74, 6) is -0.301. The second kappa shape index (κ2) is 8.63. The lowest BCUT2D eigenvalue weighted by Gasteiger charge is -2.30. The van der Waals surface area contributed by atoms with Crippen LogP contribution in [0, 0.1) is 0 Å². The molecule has 0 rings (SSSR count). The van der Waals surface area contributed by atoms with Crippen LogP contribution in [0.2, 0.25) is 6.04 Å². The molecule has 0 bridgehead atoms. The Morgan fingerprint density at radius 1 is 1.24 bits per heavy atom. The smallest absolute Gasteiger partial charge is 0.374 e. The van der Waals surface area contributed by atoms with Gasteiger partial charge in [0.25, 0.3) is 0 Å². The van der Waals surface area contributed by atoms with Crippen LogP contribution in [0.1, 0.15) is 40.5 Å². The highest BCUT2D eigenvalue weighted by Crippen LogP contribution is 2.20. The maximum Gasteiger partial charge on any atom is 0.501 e. The summed E-state index contributed by atoms with van der Waals surface area (Å²) in [5.41, 5.74) is 5.13. The first-order valence-corrected chi connectivity index (χ1v) is 8.13. The predicted molar refractivity (Wildman–Crippen MR) is 68.5 cm³/mol. The molecule has 0 aliphatic rings. The largest absolute Gasteiger partial charge is 0.501 e. The monoisotopic (exact) mass is 263 g/mol. The Morgan fingerprint density at radius 3 is 2.12 bits per heavy atom. The van der Waals surface area contributed by atoms with E-state index < -0.39 is 8.80 Å². The first-order valence-electron chi connectivity index (χ1n) is 6.19. The molecule has 2 N–H and O–H groups in total. The summed E-state index contributed by atoms with van der Waals surface area (Å²) >= 11 is 0. The van der Waals surface area contributed by atoms with Crippen molar-refractivity contribution < 1.29 is 18.1 Å². The molecule has 0 aromatic carbocycles. The number of primary amides is 1. The quantitative estimate of drug-likeness (QED) is 0.609. The molecule has 0 saturated carbocycles. The van der Waals surface area contributed by atoms with Crippen LogP contribution in [-0.2, 0) is 18.1 Å².